The molecule has 1 aliphatic rings. The molecule has 1 heterocycles. The maximum atomic E-state index is 11.9. The molecule has 7 heteroatoms. The molecule has 23 heavy (non-hydrogen) atoms. The summed E-state index contributed by atoms with van der Waals surface area (Å²) < 4.78 is 5.03. The van der Waals surface area contributed by atoms with E-state index in [4.69, 9.17) is 4.74 Å². The molecule has 7 nitrogen and oxygen atoms in total. The van der Waals surface area contributed by atoms with E-state index in [0.717, 1.165) is 6.42 Å². The van der Waals surface area contributed by atoms with Crippen molar-refractivity contribution in [2.24, 2.45) is 5.92 Å². The maximum Gasteiger partial charge on any atom is 0.251 e. The summed E-state index contributed by atoms with van der Waals surface area (Å²) in [6, 6.07) is 6.75. The number of hydrogen-bond acceptors (Lipinski definition) is 4. The van der Waals surface area contributed by atoms with Crippen molar-refractivity contribution in [3.63, 3.8) is 0 Å². The standard InChI is InChI=1S/C16H21N3O4/c1-23-12-6-4-11(5-7-12)14(20)18-9-10-19-16(22)13-3-2-8-17-15(13)21/h4-7,13H,2-3,8-10H2,1H3,(H,17,21)(H,18,20)(H,19,22)/t13-/m0/s1. The van der Waals surface area contributed by atoms with E-state index in [1.165, 1.54) is 0 Å². The molecule has 0 bridgehead atoms. The highest BCUT2D eigenvalue weighted by atomic mass is 16.5. The molecule has 0 radical (unpaired) electrons. The summed E-state index contributed by atoms with van der Waals surface area (Å²) in [4.78, 5) is 35.4. The number of rotatable bonds is 6. The van der Waals surface area contributed by atoms with Crippen molar-refractivity contribution in [3.05, 3.63) is 29.8 Å². The lowest BCUT2D eigenvalue weighted by molar-refractivity contribution is -0.136. The molecule has 1 aliphatic heterocycles. The average molecular weight is 319 g/mol. The van der Waals surface area contributed by atoms with Crippen LogP contribution in [0.4, 0.5) is 0 Å². The van der Waals surface area contributed by atoms with Gasteiger partial charge in [-0.25, -0.2) is 0 Å². The molecule has 0 aromatic heterocycles. The Labute approximate surface area is 134 Å². The zero-order valence-corrected chi connectivity index (χ0v) is 13.1. The number of piperidine rings is 1. The van der Waals surface area contributed by atoms with Crippen LogP contribution in [0.15, 0.2) is 24.3 Å². The second-order valence-corrected chi connectivity index (χ2v) is 5.26. The molecule has 2 rings (SSSR count). The number of benzene rings is 1. The largest absolute Gasteiger partial charge is 0.497 e. The van der Waals surface area contributed by atoms with Gasteiger partial charge in [0.1, 0.15) is 11.7 Å². The molecule has 1 fully saturated rings. The summed E-state index contributed by atoms with van der Waals surface area (Å²) in [7, 11) is 1.56. The Balaban J connectivity index is 1.70. The fourth-order valence-electron chi connectivity index (χ4n) is 2.35. The SMILES string of the molecule is COc1ccc(C(=O)NCCNC(=O)[C@H]2CCCNC2=O)cc1. The summed E-state index contributed by atoms with van der Waals surface area (Å²) in [5.41, 5.74) is 0.517. The minimum Gasteiger partial charge on any atom is -0.497 e. The van der Waals surface area contributed by atoms with Crippen molar-refractivity contribution in [3.8, 4) is 5.75 Å². The molecule has 1 aromatic rings. The molecule has 0 aliphatic carbocycles. The van der Waals surface area contributed by atoms with Gasteiger partial charge in [0.05, 0.1) is 7.11 Å². The third-order valence-electron chi connectivity index (χ3n) is 3.66. The van der Waals surface area contributed by atoms with Crippen molar-refractivity contribution >= 4 is 17.7 Å². The van der Waals surface area contributed by atoms with Gasteiger partial charge in [0.15, 0.2) is 0 Å². The Morgan fingerprint density at radius 1 is 1.22 bits per heavy atom. The van der Waals surface area contributed by atoms with Gasteiger partial charge in [-0.05, 0) is 37.1 Å². The third-order valence-corrected chi connectivity index (χ3v) is 3.66. The van der Waals surface area contributed by atoms with Crippen LogP contribution in [0.2, 0.25) is 0 Å². The summed E-state index contributed by atoms with van der Waals surface area (Å²) in [6.45, 7) is 1.20. The Morgan fingerprint density at radius 2 is 1.91 bits per heavy atom. The van der Waals surface area contributed by atoms with Crippen LogP contribution in [0.1, 0.15) is 23.2 Å². The minimum absolute atomic E-state index is 0.225. The van der Waals surface area contributed by atoms with E-state index in [1.807, 2.05) is 0 Å². The highest BCUT2D eigenvalue weighted by Crippen LogP contribution is 2.11. The number of carbonyl (C=O) groups excluding carboxylic acids is 3. The first kappa shape index (κ1) is 16.8. The van der Waals surface area contributed by atoms with Crippen molar-refractivity contribution in [1.29, 1.82) is 0 Å². The van der Waals surface area contributed by atoms with Gasteiger partial charge in [0.25, 0.3) is 5.91 Å². The van der Waals surface area contributed by atoms with Crippen LogP contribution in [0.25, 0.3) is 0 Å². The molecule has 0 spiro atoms. The summed E-state index contributed by atoms with van der Waals surface area (Å²) in [6.07, 6.45) is 1.37. The van der Waals surface area contributed by atoms with Gasteiger partial charge >= 0.3 is 0 Å². The number of methoxy groups -OCH3 is 1. The zero-order chi connectivity index (χ0) is 16.7. The number of nitrogens with one attached hydrogen (secondary N) is 3. The predicted molar refractivity (Wildman–Crippen MR) is 84.1 cm³/mol. The van der Waals surface area contributed by atoms with Gasteiger partial charge in [0.2, 0.25) is 11.8 Å². The van der Waals surface area contributed by atoms with E-state index in [0.29, 0.717) is 30.8 Å². The number of amides is 3. The normalized spacial score (nSPS) is 17.1. The molecule has 1 saturated heterocycles. The molecular formula is C16H21N3O4. The first-order chi connectivity index (χ1) is 11.1. The first-order valence-corrected chi connectivity index (χ1v) is 7.59. The molecule has 3 amide bonds. The van der Waals surface area contributed by atoms with Crippen molar-refractivity contribution in [2.45, 2.75) is 12.8 Å². The lowest BCUT2D eigenvalue weighted by atomic mass is 9.98. The first-order valence-electron chi connectivity index (χ1n) is 7.59. The second-order valence-electron chi connectivity index (χ2n) is 5.26. The smallest absolute Gasteiger partial charge is 0.251 e. The maximum absolute atomic E-state index is 11.9. The van der Waals surface area contributed by atoms with Crippen molar-refractivity contribution < 1.29 is 19.1 Å². The minimum atomic E-state index is -0.624. The molecule has 1 aromatic carbocycles. The summed E-state index contributed by atoms with van der Waals surface area (Å²) >= 11 is 0. The van der Waals surface area contributed by atoms with Gasteiger partial charge < -0.3 is 20.7 Å². The molecule has 3 N–H and O–H groups in total. The Bertz CT molecular complexity index is 571. The highest BCUT2D eigenvalue weighted by Gasteiger charge is 2.28. The van der Waals surface area contributed by atoms with Crippen LogP contribution in [-0.4, -0.2) is 44.5 Å². The fourth-order valence-corrected chi connectivity index (χ4v) is 2.35. The second kappa shape index (κ2) is 8.17. The topological polar surface area (TPSA) is 96.5 Å². The van der Waals surface area contributed by atoms with Crippen LogP contribution < -0.4 is 20.7 Å². The van der Waals surface area contributed by atoms with Crippen molar-refractivity contribution in [1.82, 2.24) is 16.0 Å². The van der Waals surface area contributed by atoms with Crippen LogP contribution >= 0.6 is 0 Å². The van der Waals surface area contributed by atoms with Gasteiger partial charge in [-0.15, -0.1) is 0 Å². The Kier molecular flexibility index (Phi) is 5.96. The van der Waals surface area contributed by atoms with E-state index in [1.54, 1.807) is 31.4 Å². The van der Waals surface area contributed by atoms with Crippen LogP contribution in [0.5, 0.6) is 5.75 Å². The lowest BCUT2D eigenvalue weighted by Gasteiger charge is -2.21. The van der Waals surface area contributed by atoms with E-state index in [9.17, 15) is 14.4 Å². The predicted octanol–water partition coefficient (Wildman–Crippen LogP) is 0.0674. The monoisotopic (exact) mass is 319 g/mol. The highest BCUT2D eigenvalue weighted by molar-refractivity contribution is 6.00. The number of ether oxygens (including phenoxy) is 1. The van der Waals surface area contributed by atoms with Crippen LogP contribution in [-0.2, 0) is 9.59 Å². The van der Waals surface area contributed by atoms with E-state index in [2.05, 4.69) is 16.0 Å². The summed E-state index contributed by atoms with van der Waals surface area (Å²) in [5, 5.41) is 8.06. The van der Waals surface area contributed by atoms with Gasteiger partial charge in [-0.1, -0.05) is 0 Å². The van der Waals surface area contributed by atoms with Crippen LogP contribution in [0, 0.1) is 5.92 Å². The van der Waals surface area contributed by atoms with Crippen LogP contribution in [0.3, 0.4) is 0 Å². The summed E-state index contributed by atoms with van der Waals surface area (Å²) in [5.74, 6) is -0.685. The van der Waals surface area contributed by atoms with Gasteiger partial charge in [-0.2, -0.15) is 0 Å². The Morgan fingerprint density at radius 3 is 2.57 bits per heavy atom. The molecule has 0 saturated carbocycles. The number of carbonyl (C=O) groups is 3. The lowest BCUT2D eigenvalue weighted by Crippen LogP contribution is -2.46. The molecule has 1 atom stereocenters. The average Bonchev–Trinajstić information content (AvgIpc) is 2.58. The molecular weight excluding hydrogens is 298 g/mol. The van der Waals surface area contributed by atoms with Crippen molar-refractivity contribution in [2.75, 3.05) is 26.7 Å². The van der Waals surface area contributed by atoms with E-state index < -0.39 is 5.92 Å². The Hall–Kier alpha value is -2.57. The van der Waals surface area contributed by atoms with Gasteiger partial charge in [-0.3, -0.25) is 14.4 Å². The molecule has 124 valence electrons. The zero-order valence-electron chi connectivity index (χ0n) is 13.1. The van der Waals surface area contributed by atoms with Gasteiger partial charge in [0, 0.05) is 25.2 Å². The molecule has 0 unspecified atom stereocenters. The quantitative estimate of drug-likeness (QED) is 0.510. The number of hydrogen-bond donors (Lipinski definition) is 3. The van der Waals surface area contributed by atoms with E-state index >= 15 is 0 Å². The fraction of sp³-hybridized carbons (Fsp3) is 0.438. The van der Waals surface area contributed by atoms with E-state index in [-0.39, 0.29) is 24.3 Å². The third kappa shape index (κ3) is 4.70.